The molecule has 0 aromatic heterocycles. The van der Waals surface area contributed by atoms with E-state index < -0.39 is 4.92 Å². The smallest absolute Gasteiger partial charge is 0.506 e. The van der Waals surface area contributed by atoms with Gasteiger partial charge in [-0.25, -0.2) is 0 Å². The molecule has 0 aliphatic heterocycles. The van der Waals surface area contributed by atoms with E-state index in [2.05, 4.69) is 12.2 Å². The van der Waals surface area contributed by atoms with Gasteiger partial charge in [0.05, 0.1) is 10.6 Å². The summed E-state index contributed by atoms with van der Waals surface area (Å²) in [6, 6.07) is 3.60. The number of non-ortho nitro benzene ring substituents is 1. The zero-order valence-electron chi connectivity index (χ0n) is 18.3. The Morgan fingerprint density at radius 1 is 0.931 bits per heavy atom. The molecule has 0 saturated carbocycles. The fourth-order valence-corrected chi connectivity index (χ4v) is 3.25. The minimum atomic E-state index is -0.554. The number of carbonyl (C=O) groups excluding carboxylic acids is 1. The van der Waals surface area contributed by atoms with Crippen molar-refractivity contribution >= 4 is 17.3 Å². The molecule has 0 fully saturated rings. The van der Waals surface area contributed by atoms with Crippen LogP contribution in [0, 0.1) is 10.1 Å². The number of aromatic hydroxyl groups is 1. The molecule has 29 heavy (non-hydrogen) atoms. The maximum absolute atomic E-state index is 12.0. The summed E-state index contributed by atoms with van der Waals surface area (Å²) >= 11 is 0. The number of nitrogens with zero attached hydrogens (tertiary/aromatic N) is 1. The molecule has 158 valence electrons. The average Bonchev–Trinajstić information content (AvgIpc) is 2.67. The molecule has 0 radical (unpaired) electrons. The van der Waals surface area contributed by atoms with Gasteiger partial charge in [-0.3, -0.25) is 14.9 Å². The number of anilines is 1. The SMILES string of the molecule is CCCCCCCCCCCCCCCC(=O)Nc1cc([N+](=O)[O-])ccc1O.[Na+]. The summed E-state index contributed by atoms with van der Waals surface area (Å²) in [4.78, 5) is 22.2. The second-order valence-corrected chi connectivity index (χ2v) is 7.50. The van der Waals surface area contributed by atoms with Gasteiger partial charge in [0.15, 0.2) is 0 Å². The third-order valence-electron chi connectivity index (χ3n) is 4.97. The Balaban J connectivity index is 0.00000784. The molecule has 0 spiro atoms. The van der Waals surface area contributed by atoms with Crippen LogP contribution in [0.5, 0.6) is 5.75 Å². The van der Waals surface area contributed by atoms with Gasteiger partial charge in [-0.15, -0.1) is 0 Å². The molecule has 2 N–H and O–H groups in total. The van der Waals surface area contributed by atoms with Crippen molar-refractivity contribution in [1.82, 2.24) is 0 Å². The van der Waals surface area contributed by atoms with E-state index in [1.807, 2.05) is 0 Å². The maximum atomic E-state index is 12.0. The fraction of sp³-hybridized carbons (Fsp3) is 0.682. The van der Waals surface area contributed by atoms with E-state index in [9.17, 15) is 20.0 Å². The van der Waals surface area contributed by atoms with Gasteiger partial charge in [-0.05, 0) is 12.5 Å². The topological polar surface area (TPSA) is 92.5 Å². The van der Waals surface area contributed by atoms with Gasteiger partial charge >= 0.3 is 29.6 Å². The number of hydrogen-bond donors (Lipinski definition) is 2. The van der Waals surface area contributed by atoms with Crippen LogP contribution in [-0.2, 0) is 4.79 Å². The van der Waals surface area contributed by atoms with Crippen LogP contribution >= 0.6 is 0 Å². The second-order valence-electron chi connectivity index (χ2n) is 7.50. The third-order valence-corrected chi connectivity index (χ3v) is 4.97. The van der Waals surface area contributed by atoms with E-state index in [1.54, 1.807) is 0 Å². The minimum absolute atomic E-state index is 0. The summed E-state index contributed by atoms with van der Waals surface area (Å²) in [6.07, 6.45) is 16.6. The van der Waals surface area contributed by atoms with Crippen LogP contribution in [0.4, 0.5) is 11.4 Å². The number of rotatable bonds is 16. The van der Waals surface area contributed by atoms with Crippen LogP contribution in [0.1, 0.15) is 96.8 Å². The van der Waals surface area contributed by atoms with E-state index in [4.69, 9.17) is 0 Å². The first-order chi connectivity index (χ1) is 13.5. The molecule has 0 heterocycles. The second kappa shape index (κ2) is 17.7. The molecule has 1 amide bonds. The van der Waals surface area contributed by atoms with Crippen LogP contribution in [0.25, 0.3) is 0 Å². The van der Waals surface area contributed by atoms with Crippen LogP contribution < -0.4 is 34.9 Å². The van der Waals surface area contributed by atoms with E-state index in [0.717, 1.165) is 19.3 Å². The molecular weight excluding hydrogens is 379 g/mol. The quantitative estimate of drug-likeness (QED) is 0.141. The zero-order valence-corrected chi connectivity index (χ0v) is 20.3. The summed E-state index contributed by atoms with van der Waals surface area (Å²) in [6.45, 7) is 2.24. The minimum Gasteiger partial charge on any atom is -0.506 e. The number of amides is 1. The predicted octanol–water partition coefficient (Wildman–Crippen LogP) is 3.72. The van der Waals surface area contributed by atoms with Crippen molar-refractivity contribution < 1.29 is 44.4 Å². The molecule has 1 aromatic carbocycles. The summed E-state index contributed by atoms with van der Waals surface area (Å²) in [7, 11) is 0. The number of carbonyl (C=O) groups is 1. The van der Waals surface area contributed by atoms with Crippen molar-refractivity contribution in [2.24, 2.45) is 0 Å². The predicted molar refractivity (Wildman–Crippen MR) is 114 cm³/mol. The first kappa shape index (κ1) is 27.9. The van der Waals surface area contributed by atoms with E-state index in [0.29, 0.717) is 6.42 Å². The van der Waals surface area contributed by atoms with Crippen LogP contribution in [-0.4, -0.2) is 15.9 Å². The molecule has 0 aliphatic rings. The summed E-state index contributed by atoms with van der Waals surface area (Å²) in [5.74, 6) is -0.386. The maximum Gasteiger partial charge on any atom is 1.00 e. The number of benzene rings is 1. The molecule has 1 rings (SSSR count). The Morgan fingerprint density at radius 2 is 1.41 bits per heavy atom. The van der Waals surface area contributed by atoms with Gasteiger partial charge in [-0.2, -0.15) is 0 Å². The number of phenolic OH excluding ortho intramolecular Hbond substituents is 1. The van der Waals surface area contributed by atoms with Crippen molar-refractivity contribution in [1.29, 1.82) is 0 Å². The molecule has 0 unspecified atom stereocenters. The fourth-order valence-electron chi connectivity index (χ4n) is 3.25. The third kappa shape index (κ3) is 13.7. The van der Waals surface area contributed by atoms with E-state index in [1.165, 1.54) is 82.4 Å². The first-order valence-electron chi connectivity index (χ1n) is 10.8. The molecule has 6 nitrogen and oxygen atoms in total. The Morgan fingerprint density at radius 3 is 1.90 bits per heavy atom. The van der Waals surface area contributed by atoms with Crippen molar-refractivity contribution in [2.45, 2.75) is 96.8 Å². The van der Waals surface area contributed by atoms with Gasteiger partial charge < -0.3 is 10.4 Å². The first-order valence-corrected chi connectivity index (χ1v) is 10.8. The van der Waals surface area contributed by atoms with Crippen molar-refractivity contribution in [3.05, 3.63) is 28.3 Å². The number of nitro benzene ring substituents is 1. The number of nitrogens with one attached hydrogen (secondary N) is 1. The van der Waals surface area contributed by atoms with Gasteiger partial charge in [0, 0.05) is 18.6 Å². The van der Waals surface area contributed by atoms with Gasteiger partial charge in [-0.1, -0.05) is 84.0 Å². The van der Waals surface area contributed by atoms with Crippen molar-refractivity contribution in [2.75, 3.05) is 5.32 Å². The van der Waals surface area contributed by atoms with E-state index in [-0.39, 0.29) is 52.6 Å². The average molecular weight is 416 g/mol. The van der Waals surface area contributed by atoms with Gasteiger partial charge in [0.1, 0.15) is 5.75 Å². The standard InChI is InChI=1S/C22H36N2O4.Na/c1-2-3-4-5-6-7-8-9-10-11-12-13-14-15-22(26)23-20-18-19(24(27)28)16-17-21(20)25;/h16-18,25H,2-15H2,1H3,(H,23,26);/q;+1. The molecule has 1 aromatic rings. The normalized spacial score (nSPS) is 10.4. The number of nitro groups is 1. The van der Waals surface area contributed by atoms with Gasteiger partial charge in [0.25, 0.3) is 5.69 Å². The Bertz CT molecular complexity index is 596. The Labute approximate surface area is 197 Å². The number of phenols is 1. The molecule has 7 heteroatoms. The Kier molecular flexibility index (Phi) is 17.0. The number of unbranched alkanes of at least 4 members (excludes halogenated alkanes) is 12. The molecular formula is C22H36N2NaO4+. The van der Waals surface area contributed by atoms with Crippen molar-refractivity contribution in [3.63, 3.8) is 0 Å². The monoisotopic (exact) mass is 415 g/mol. The van der Waals surface area contributed by atoms with Crippen LogP contribution in [0.2, 0.25) is 0 Å². The summed E-state index contributed by atoms with van der Waals surface area (Å²) < 4.78 is 0. The Hall–Kier alpha value is -1.11. The molecule has 0 saturated heterocycles. The van der Waals surface area contributed by atoms with Crippen LogP contribution in [0.15, 0.2) is 18.2 Å². The molecule has 0 aliphatic carbocycles. The zero-order chi connectivity index (χ0) is 20.6. The molecule has 0 atom stereocenters. The van der Waals surface area contributed by atoms with Gasteiger partial charge in [0.2, 0.25) is 5.91 Å². The summed E-state index contributed by atoms with van der Waals surface area (Å²) in [5.41, 5.74) is -0.0667. The largest absolute Gasteiger partial charge is 1.00 e. The summed E-state index contributed by atoms with van der Waals surface area (Å²) in [5, 5.41) is 23.0. The van der Waals surface area contributed by atoms with Crippen LogP contribution in [0.3, 0.4) is 0 Å². The van der Waals surface area contributed by atoms with Crippen molar-refractivity contribution in [3.8, 4) is 5.75 Å². The molecule has 0 bridgehead atoms. The number of hydrogen-bond acceptors (Lipinski definition) is 4. The van der Waals surface area contributed by atoms with E-state index >= 15 is 0 Å².